The molecule has 1 amide bonds. The number of aliphatic carboxylic acids is 1. The number of carbonyl (C=O) groups excluding carboxylic acids is 1. The van der Waals surface area contributed by atoms with Gasteiger partial charge in [0.1, 0.15) is 18.0 Å². The Bertz CT molecular complexity index is 992. The van der Waals surface area contributed by atoms with Gasteiger partial charge in [-0.05, 0) is 54.7 Å². The lowest BCUT2D eigenvalue weighted by Crippen LogP contribution is -2.47. The molecular weight excluding hydrogens is 453 g/mol. The normalized spacial score (nSPS) is 15.4. The summed E-state index contributed by atoms with van der Waals surface area (Å²) in [6, 6.07) is 8.29. The van der Waals surface area contributed by atoms with Gasteiger partial charge >= 0.3 is 5.97 Å². The first-order chi connectivity index (χ1) is 15.1. The van der Waals surface area contributed by atoms with E-state index in [1.807, 2.05) is 13.8 Å². The third-order valence-electron chi connectivity index (χ3n) is 5.93. The van der Waals surface area contributed by atoms with Crippen molar-refractivity contribution in [2.75, 3.05) is 6.54 Å². The number of aromatic hydroxyl groups is 1. The molecular formula is C24H27Cl2NO5. The minimum atomic E-state index is -1.10. The average molecular weight is 480 g/mol. The molecule has 6 nitrogen and oxygen atoms in total. The first kappa shape index (κ1) is 24.2. The number of hydrogen-bond acceptors (Lipinski definition) is 4. The van der Waals surface area contributed by atoms with Crippen LogP contribution in [0.1, 0.15) is 63.0 Å². The van der Waals surface area contributed by atoms with Crippen LogP contribution in [-0.4, -0.2) is 28.6 Å². The zero-order chi connectivity index (χ0) is 23.5. The Morgan fingerprint density at radius 3 is 2.28 bits per heavy atom. The highest BCUT2D eigenvalue weighted by Gasteiger charge is 2.42. The van der Waals surface area contributed by atoms with Gasteiger partial charge in [0.15, 0.2) is 5.75 Å². The van der Waals surface area contributed by atoms with Crippen LogP contribution in [-0.2, 0) is 15.0 Å². The molecule has 0 aromatic heterocycles. The van der Waals surface area contributed by atoms with E-state index in [-0.39, 0.29) is 33.4 Å². The van der Waals surface area contributed by atoms with E-state index in [1.54, 1.807) is 30.3 Å². The molecule has 0 unspecified atom stereocenters. The summed E-state index contributed by atoms with van der Waals surface area (Å²) in [5.41, 5.74) is 0.502. The molecule has 1 fully saturated rings. The molecule has 1 aliphatic carbocycles. The van der Waals surface area contributed by atoms with Crippen LogP contribution in [0.5, 0.6) is 17.2 Å². The first-order valence-corrected chi connectivity index (χ1v) is 11.4. The highest BCUT2D eigenvalue weighted by atomic mass is 35.5. The van der Waals surface area contributed by atoms with E-state index in [0.717, 1.165) is 24.8 Å². The van der Waals surface area contributed by atoms with Crippen molar-refractivity contribution in [3.05, 3.63) is 51.5 Å². The van der Waals surface area contributed by atoms with E-state index in [1.165, 1.54) is 0 Å². The highest BCUT2D eigenvalue weighted by Crippen LogP contribution is 2.45. The van der Waals surface area contributed by atoms with Crippen LogP contribution in [0.2, 0.25) is 10.0 Å². The number of halogens is 2. The third kappa shape index (κ3) is 5.13. The second kappa shape index (κ2) is 10.0. The Morgan fingerprint density at radius 1 is 1.09 bits per heavy atom. The summed E-state index contributed by atoms with van der Waals surface area (Å²) in [5.74, 6) is -0.405. The number of nitrogens with one attached hydrogen (secondary N) is 1. The molecule has 32 heavy (non-hydrogen) atoms. The molecule has 172 valence electrons. The Kier molecular flexibility index (Phi) is 7.57. The maximum absolute atomic E-state index is 13.0. The summed E-state index contributed by atoms with van der Waals surface area (Å²) in [4.78, 5) is 24.0. The fourth-order valence-corrected chi connectivity index (χ4v) is 4.80. The molecule has 0 atom stereocenters. The van der Waals surface area contributed by atoms with Gasteiger partial charge in [-0.3, -0.25) is 9.59 Å². The van der Waals surface area contributed by atoms with E-state index in [2.05, 4.69) is 5.32 Å². The lowest BCUT2D eigenvalue weighted by atomic mass is 9.68. The molecule has 0 radical (unpaired) electrons. The van der Waals surface area contributed by atoms with E-state index >= 15 is 0 Å². The van der Waals surface area contributed by atoms with Gasteiger partial charge in [0, 0.05) is 5.56 Å². The number of ether oxygens (including phenoxy) is 1. The number of hydrogen-bond donors (Lipinski definition) is 3. The van der Waals surface area contributed by atoms with Crippen molar-refractivity contribution in [3.8, 4) is 17.2 Å². The number of phenolic OH excluding ortho intramolecular Hbond substituents is 1. The number of carbonyl (C=O) groups is 2. The van der Waals surface area contributed by atoms with Crippen molar-refractivity contribution in [1.29, 1.82) is 0 Å². The number of carboxylic acids is 1. The van der Waals surface area contributed by atoms with Gasteiger partial charge in [-0.2, -0.15) is 0 Å². The fourth-order valence-electron chi connectivity index (χ4n) is 4.24. The zero-order valence-corrected chi connectivity index (χ0v) is 19.6. The topological polar surface area (TPSA) is 95.9 Å². The van der Waals surface area contributed by atoms with Crippen molar-refractivity contribution < 1.29 is 24.5 Å². The van der Waals surface area contributed by atoms with Gasteiger partial charge in [0.2, 0.25) is 5.91 Å². The summed E-state index contributed by atoms with van der Waals surface area (Å²) in [6.45, 7) is 3.49. The van der Waals surface area contributed by atoms with Crippen molar-refractivity contribution in [2.45, 2.75) is 57.3 Å². The maximum atomic E-state index is 13.0. The van der Waals surface area contributed by atoms with Crippen LogP contribution in [0, 0.1) is 0 Å². The van der Waals surface area contributed by atoms with Gasteiger partial charge in [-0.1, -0.05) is 56.3 Å². The number of phenols is 1. The molecule has 0 saturated heterocycles. The standard InChI is InChI=1S/C24H27Cl2NO5/c1-14(2)17-12-16(6-7-20(17)28)32-22-18(25)10-15(11-19(22)26)24(8-4-3-5-9-24)23(31)27-13-21(29)30/h6-7,10-12,14,28H,3-5,8-9,13H2,1-2H3,(H,27,31)(H,29,30). The average Bonchev–Trinajstić information content (AvgIpc) is 2.75. The summed E-state index contributed by atoms with van der Waals surface area (Å²) in [7, 11) is 0. The summed E-state index contributed by atoms with van der Waals surface area (Å²) in [5, 5.41) is 22.0. The quantitative estimate of drug-likeness (QED) is 0.451. The molecule has 8 heteroatoms. The smallest absolute Gasteiger partial charge is 0.322 e. The van der Waals surface area contributed by atoms with Crippen LogP contribution in [0.25, 0.3) is 0 Å². The molecule has 3 N–H and O–H groups in total. The number of benzene rings is 2. The molecule has 1 saturated carbocycles. The third-order valence-corrected chi connectivity index (χ3v) is 6.50. The van der Waals surface area contributed by atoms with Crippen LogP contribution in [0.3, 0.4) is 0 Å². The zero-order valence-electron chi connectivity index (χ0n) is 18.1. The van der Waals surface area contributed by atoms with Gasteiger partial charge in [-0.25, -0.2) is 0 Å². The molecule has 0 aliphatic heterocycles. The maximum Gasteiger partial charge on any atom is 0.322 e. The minimum absolute atomic E-state index is 0.0994. The first-order valence-electron chi connectivity index (χ1n) is 10.6. The highest BCUT2D eigenvalue weighted by molar-refractivity contribution is 6.37. The number of amides is 1. The van der Waals surface area contributed by atoms with Gasteiger partial charge in [0.25, 0.3) is 0 Å². The summed E-state index contributed by atoms with van der Waals surface area (Å²) >= 11 is 13.1. The molecule has 1 aliphatic rings. The Labute approximate surface area is 197 Å². The van der Waals surface area contributed by atoms with Crippen LogP contribution in [0.15, 0.2) is 30.3 Å². The van der Waals surface area contributed by atoms with Crippen LogP contribution < -0.4 is 10.1 Å². The monoisotopic (exact) mass is 479 g/mol. The van der Waals surface area contributed by atoms with Crippen molar-refractivity contribution in [2.24, 2.45) is 0 Å². The SMILES string of the molecule is CC(C)c1cc(Oc2c(Cl)cc(C3(C(=O)NCC(=O)O)CCCCC3)cc2Cl)ccc1O. The lowest BCUT2D eigenvalue weighted by Gasteiger charge is -2.36. The van der Waals surface area contributed by atoms with Gasteiger partial charge < -0.3 is 20.3 Å². The van der Waals surface area contributed by atoms with E-state index in [0.29, 0.717) is 24.2 Å². The van der Waals surface area contributed by atoms with Crippen molar-refractivity contribution in [3.63, 3.8) is 0 Å². The summed E-state index contributed by atoms with van der Waals surface area (Å²) < 4.78 is 5.95. The second-order valence-corrected chi connectivity index (χ2v) is 9.28. The van der Waals surface area contributed by atoms with E-state index in [4.69, 9.17) is 33.0 Å². The van der Waals surface area contributed by atoms with E-state index in [9.17, 15) is 14.7 Å². The fraction of sp³-hybridized carbons (Fsp3) is 0.417. The predicted molar refractivity (Wildman–Crippen MR) is 124 cm³/mol. The van der Waals surface area contributed by atoms with E-state index < -0.39 is 17.9 Å². The molecule has 2 aromatic rings. The Hall–Kier alpha value is -2.44. The van der Waals surface area contributed by atoms with Crippen molar-refractivity contribution in [1.82, 2.24) is 5.32 Å². The molecule has 3 rings (SSSR count). The van der Waals surface area contributed by atoms with Gasteiger partial charge in [-0.15, -0.1) is 0 Å². The largest absolute Gasteiger partial charge is 0.508 e. The Morgan fingerprint density at radius 2 is 1.72 bits per heavy atom. The number of carboxylic acid groups (broad SMARTS) is 1. The van der Waals surface area contributed by atoms with Crippen LogP contribution >= 0.6 is 23.2 Å². The molecule has 0 bridgehead atoms. The predicted octanol–water partition coefficient (Wildman–Crippen LogP) is 6.02. The Balaban J connectivity index is 1.95. The minimum Gasteiger partial charge on any atom is -0.508 e. The van der Waals surface area contributed by atoms with Gasteiger partial charge in [0.05, 0.1) is 15.5 Å². The number of rotatable bonds is 7. The van der Waals surface area contributed by atoms with Crippen molar-refractivity contribution >= 4 is 35.1 Å². The molecule has 0 spiro atoms. The van der Waals surface area contributed by atoms with Crippen LogP contribution in [0.4, 0.5) is 0 Å². The summed E-state index contributed by atoms with van der Waals surface area (Å²) in [6.07, 6.45) is 3.87. The second-order valence-electron chi connectivity index (χ2n) is 8.47. The lowest BCUT2D eigenvalue weighted by molar-refractivity contribution is -0.139. The molecule has 2 aromatic carbocycles. The molecule has 0 heterocycles.